The van der Waals surface area contributed by atoms with Crippen LogP contribution in [0, 0.1) is 5.82 Å². The molecule has 0 saturated carbocycles. The lowest BCUT2D eigenvalue weighted by Gasteiger charge is -2.06. The molecule has 4 rings (SSSR count). The number of oxazole rings is 1. The monoisotopic (exact) mass is 462 g/mol. The second-order valence-corrected chi connectivity index (χ2v) is 7.61. The fourth-order valence-corrected chi connectivity index (χ4v) is 3.29. The van der Waals surface area contributed by atoms with Gasteiger partial charge in [-0.15, -0.1) is 5.10 Å². The Labute approximate surface area is 195 Å². The zero-order valence-corrected chi connectivity index (χ0v) is 18.3. The molecule has 2 aromatic carbocycles. The molecule has 0 unspecified atom stereocenters. The highest BCUT2D eigenvalue weighted by Gasteiger charge is 2.07. The van der Waals surface area contributed by atoms with E-state index in [0.29, 0.717) is 11.6 Å². The van der Waals surface area contributed by atoms with Crippen LogP contribution in [0.1, 0.15) is 45.9 Å². The van der Waals surface area contributed by atoms with Crippen molar-refractivity contribution in [3.63, 3.8) is 0 Å². The molecule has 0 spiro atoms. The summed E-state index contributed by atoms with van der Waals surface area (Å²) in [5.41, 5.74) is 1.96. The Bertz CT molecular complexity index is 1250. The molecule has 0 saturated heterocycles. The van der Waals surface area contributed by atoms with Crippen molar-refractivity contribution in [3.8, 4) is 5.75 Å². The summed E-state index contributed by atoms with van der Waals surface area (Å²) in [7, 11) is 0. The number of halogens is 1. The first-order valence-electron chi connectivity index (χ1n) is 10.8. The molecular formula is C25H23FN4O4. The van der Waals surface area contributed by atoms with E-state index in [9.17, 15) is 9.18 Å². The molecule has 2 heterocycles. The van der Waals surface area contributed by atoms with Crippen LogP contribution in [0.15, 0.2) is 65.5 Å². The first-order valence-corrected chi connectivity index (χ1v) is 10.8. The number of aromatic nitrogens is 4. The highest BCUT2D eigenvalue weighted by atomic mass is 19.1. The van der Waals surface area contributed by atoms with E-state index < -0.39 is 11.8 Å². The van der Waals surface area contributed by atoms with Crippen LogP contribution in [-0.4, -0.2) is 31.1 Å². The van der Waals surface area contributed by atoms with Gasteiger partial charge in [-0.2, -0.15) is 0 Å². The van der Waals surface area contributed by atoms with Gasteiger partial charge in [0, 0.05) is 24.4 Å². The number of hydrogen-bond donors (Lipinski definition) is 1. The van der Waals surface area contributed by atoms with E-state index in [0.717, 1.165) is 37.6 Å². The molecule has 0 atom stereocenters. The van der Waals surface area contributed by atoms with Crippen LogP contribution in [0.4, 0.5) is 4.39 Å². The van der Waals surface area contributed by atoms with Crippen molar-refractivity contribution in [3.05, 3.63) is 95.2 Å². The minimum absolute atomic E-state index is 0.110. The normalized spacial score (nSPS) is 11.2. The average molecular weight is 462 g/mol. The molecule has 0 aliphatic rings. The van der Waals surface area contributed by atoms with Crippen LogP contribution in [0.25, 0.3) is 12.2 Å². The largest absolute Gasteiger partial charge is 0.487 e. The maximum atomic E-state index is 14.0. The molecule has 9 heteroatoms. The van der Waals surface area contributed by atoms with Crippen molar-refractivity contribution in [2.24, 2.45) is 0 Å². The van der Waals surface area contributed by atoms with Crippen LogP contribution in [0.2, 0.25) is 0 Å². The van der Waals surface area contributed by atoms with Crippen molar-refractivity contribution in [2.45, 2.75) is 32.4 Å². The van der Waals surface area contributed by atoms with E-state index in [4.69, 9.17) is 14.3 Å². The Morgan fingerprint density at radius 3 is 2.74 bits per heavy atom. The zero-order chi connectivity index (χ0) is 23.8. The van der Waals surface area contributed by atoms with Gasteiger partial charge in [-0.1, -0.05) is 23.4 Å². The number of carboxylic acid groups (broad SMARTS) is 1. The third-order valence-corrected chi connectivity index (χ3v) is 5.11. The predicted octanol–water partition coefficient (Wildman–Crippen LogP) is 4.88. The number of nitrogens with zero attached hydrogens (tertiary/aromatic N) is 4. The summed E-state index contributed by atoms with van der Waals surface area (Å²) >= 11 is 0. The van der Waals surface area contributed by atoms with Crippen LogP contribution in [-0.2, 0) is 19.6 Å². The van der Waals surface area contributed by atoms with Gasteiger partial charge in [-0.05, 0) is 55.2 Å². The Kier molecular flexibility index (Phi) is 7.44. The molecule has 0 aliphatic heterocycles. The smallest absolute Gasteiger partial charge is 0.335 e. The number of hydrogen-bond acceptors (Lipinski definition) is 6. The molecule has 8 nitrogen and oxygen atoms in total. The summed E-state index contributed by atoms with van der Waals surface area (Å²) in [6, 6.07) is 11.7. The highest BCUT2D eigenvalue weighted by molar-refractivity contribution is 5.88. The Balaban J connectivity index is 1.23. The Hall–Kier alpha value is -4.27. The Morgan fingerprint density at radius 1 is 1.15 bits per heavy atom. The van der Waals surface area contributed by atoms with E-state index >= 15 is 0 Å². The fourth-order valence-electron chi connectivity index (χ4n) is 3.29. The van der Waals surface area contributed by atoms with Gasteiger partial charge in [0.25, 0.3) is 0 Å². The molecule has 1 N–H and O–H groups in total. The molecular weight excluding hydrogens is 439 g/mol. The predicted molar refractivity (Wildman–Crippen MR) is 123 cm³/mol. The fraction of sp³-hybridized carbons (Fsp3) is 0.200. The third-order valence-electron chi connectivity index (χ3n) is 5.11. The molecule has 174 valence electrons. The number of aryl methyl sites for hydroxylation is 2. The van der Waals surface area contributed by atoms with Crippen molar-refractivity contribution >= 4 is 18.1 Å². The molecule has 0 amide bonds. The van der Waals surface area contributed by atoms with Crippen molar-refractivity contribution in [1.82, 2.24) is 20.0 Å². The van der Waals surface area contributed by atoms with Gasteiger partial charge in [0.1, 0.15) is 30.1 Å². The number of benzene rings is 2. The summed E-state index contributed by atoms with van der Waals surface area (Å²) in [5.74, 6) is -0.792. The lowest BCUT2D eigenvalue weighted by atomic mass is 10.1. The average Bonchev–Trinajstić information content (AvgIpc) is 3.52. The summed E-state index contributed by atoms with van der Waals surface area (Å²) in [4.78, 5) is 15.2. The number of unbranched alkanes of at least 4 members (excludes halogenated alkanes) is 1. The van der Waals surface area contributed by atoms with E-state index in [2.05, 4.69) is 15.3 Å². The zero-order valence-electron chi connectivity index (χ0n) is 18.3. The third kappa shape index (κ3) is 6.38. The van der Waals surface area contributed by atoms with Gasteiger partial charge in [-0.25, -0.2) is 14.2 Å². The summed E-state index contributed by atoms with van der Waals surface area (Å²) in [6.07, 6.45) is 11.1. The number of carbonyl (C=O) groups is 1. The van der Waals surface area contributed by atoms with E-state index in [1.165, 1.54) is 36.1 Å². The van der Waals surface area contributed by atoms with Gasteiger partial charge in [0.15, 0.2) is 0 Å². The maximum absolute atomic E-state index is 14.0. The number of carboxylic acids is 1. The first kappa shape index (κ1) is 22.9. The number of aromatic carboxylic acids is 1. The second-order valence-electron chi connectivity index (χ2n) is 7.61. The molecule has 0 aliphatic carbocycles. The van der Waals surface area contributed by atoms with Crippen LogP contribution in [0.5, 0.6) is 5.75 Å². The van der Waals surface area contributed by atoms with Gasteiger partial charge in [-0.3, -0.25) is 4.68 Å². The molecule has 0 bridgehead atoms. The SMILES string of the molecule is O=C(O)c1ccc(/C=C/c2nc(COc3ccc(CCCCn4ccnn4)cc3)co2)c(F)c1. The van der Waals surface area contributed by atoms with Crippen molar-refractivity contribution in [2.75, 3.05) is 0 Å². The topological polar surface area (TPSA) is 103 Å². The van der Waals surface area contributed by atoms with E-state index in [-0.39, 0.29) is 17.7 Å². The Morgan fingerprint density at radius 2 is 2.00 bits per heavy atom. The highest BCUT2D eigenvalue weighted by Crippen LogP contribution is 2.17. The molecule has 4 aromatic rings. The van der Waals surface area contributed by atoms with Crippen LogP contribution >= 0.6 is 0 Å². The van der Waals surface area contributed by atoms with Gasteiger partial charge in [0.2, 0.25) is 5.89 Å². The summed E-state index contributed by atoms with van der Waals surface area (Å²) in [6.45, 7) is 1.10. The number of rotatable bonds is 11. The maximum Gasteiger partial charge on any atom is 0.335 e. The van der Waals surface area contributed by atoms with Crippen molar-refractivity contribution < 1.29 is 23.4 Å². The van der Waals surface area contributed by atoms with E-state index in [1.807, 2.05) is 35.1 Å². The molecule has 0 radical (unpaired) electrons. The minimum Gasteiger partial charge on any atom is -0.487 e. The lowest BCUT2D eigenvalue weighted by Crippen LogP contribution is -1.99. The summed E-state index contributed by atoms with van der Waals surface area (Å²) in [5, 5.41) is 16.7. The van der Waals surface area contributed by atoms with Crippen LogP contribution < -0.4 is 4.74 Å². The van der Waals surface area contributed by atoms with Gasteiger partial charge >= 0.3 is 5.97 Å². The first-order chi connectivity index (χ1) is 16.6. The second kappa shape index (κ2) is 11.0. The molecule has 2 aromatic heterocycles. The summed E-state index contributed by atoms with van der Waals surface area (Å²) < 4.78 is 27.0. The van der Waals surface area contributed by atoms with Gasteiger partial charge in [0.05, 0.1) is 11.8 Å². The molecule has 0 fully saturated rings. The van der Waals surface area contributed by atoms with E-state index in [1.54, 1.807) is 6.20 Å². The number of ether oxygens (including phenoxy) is 1. The lowest BCUT2D eigenvalue weighted by molar-refractivity contribution is 0.0696. The molecule has 34 heavy (non-hydrogen) atoms. The minimum atomic E-state index is -1.18. The van der Waals surface area contributed by atoms with Crippen molar-refractivity contribution in [1.29, 1.82) is 0 Å². The van der Waals surface area contributed by atoms with Gasteiger partial charge < -0.3 is 14.3 Å². The quantitative estimate of drug-likeness (QED) is 0.317. The standard InChI is InChI=1S/C25H23FN4O4/c26-23-15-20(25(31)32)7-6-19(23)8-11-24-28-21(17-34-24)16-33-22-9-4-18(5-10-22)3-1-2-13-30-14-12-27-29-30/h4-12,14-15,17H,1-3,13,16H2,(H,31,32)/b11-8+. The van der Waals surface area contributed by atoms with Crippen LogP contribution in [0.3, 0.4) is 0 Å².